The second-order valence-electron chi connectivity index (χ2n) is 4.53. The highest BCUT2D eigenvalue weighted by Crippen LogP contribution is 2.43. The van der Waals surface area contributed by atoms with Crippen molar-refractivity contribution >= 4 is 12.6 Å². The highest BCUT2D eigenvalue weighted by Gasteiger charge is 2.26. The second kappa shape index (κ2) is 3.72. The van der Waals surface area contributed by atoms with Gasteiger partial charge in [-0.3, -0.25) is 0 Å². The Morgan fingerprint density at radius 1 is 0.941 bits per heavy atom. The standard InChI is InChI=1S/C14H13BO2/c1-9-11-4-2-3-5-12(11)13-7-6-10(15(16)17)8-14(9)13/h2-9,16-17H,1H3. The molecule has 2 aromatic rings. The molecule has 1 unspecified atom stereocenters. The fraction of sp³-hybridized carbons (Fsp3) is 0.143. The fourth-order valence-corrected chi connectivity index (χ4v) is 2.63. The maximum atomic E-state index is 9.21. The van der Waals surface area contributed by atoms with Crippen molar-refractivity contribution in [1.82, 2.24) is 0 Å². The lowest BCUT2D eigenvalue weighted by Crippen LogP contribution is -2.30. The van der Waals surface area contributed by atoms with Gasteiger partial charge in [-0.25, -0.2) is 0 Å². The molecule has 84 valence electrons. The first-order valence-corrected chi connectivity index (χ1v) is 5.78. The minimum atomic E-state index is -1.39. The average Bonchev–Trinajstić information content (AvgIpc) is 2.64. The zero-order valence-electron chi connectivity index (χ0n) is 9.59. The smallest absolute Gasteiger partial charge is 0.423 e. The van der Waals surface area contributed by atoms with Crippen molar-refractivity contribution in [3.63, 3.8) is 0 Å². The van der Waals surface area contributed by atoms with E-state index in [1.165, 1.54) is 22.3 Å². The predicted octanol–water partition coefficient (Wildman–Crippen LogP) is 1.50. The van der Waals surface area contributed by atoms with Gasteiger partial charge in [0.2, 0.25) is 0 Å². The molecule has 0 fully saturated rings. The van der Waals surface area contributed by atoms with E-state index in [-0.39, 0.29) is 0 Å². The van der Waals surface area contributed by atoms with Crippen LogP contribution in [0.4, 0.5) is 0 Å². The van der Waals surface area contributed by atoms with Gasteiger partial charge in [0, 0.05) is 5.92 Å². The summed E-state index contributed by atoms with van der Waals surface area (Å²) >= 11 is 0. The highest BCUT2D eigenvalue weighted by molar-refractivity contribution is 6.58. The van der Waals surface area contributed by atoms with Crippen LogP contribution < -0.4 is 5.46 Å². The summed E-state index contributed by atoms with van der Waals surface area (Å²) < 4.78 is 0. The Morgan fingerprint density at radius 2 is 1.65 bits per heavy atom. The third-order valence-corrected chi connectivity index (χ3v) is 3.56. The van der Waals surface area contributed by atoms with Crippen LogP contribution in [0, 0.1) is 0 Å². The fourth-order valence-electron chi connectivity index (χ4n) is 2.63. The van der Waals surface area contributed by atoms with Gasteiger partial charge in [0.15, 0.2) is 0 Å². The van der Waals surface area contributed by atoms with Crippen molar-refractivity contribution < 1.29 is 10.0 Å². The number of hydrogen-bond donors (Lipinski definition) is 2. The van der Waals surface area contributed by atoms with Gasteiger partial charge < -0.3 is 10.0 Å². The predicted molar refractivity (Wildman–Crippen MR) is 69.2 cm³/mol. The maximum Gasteiger partial charge on any atom is 0.488 e. The quantitative estimate of drug-likeness (QED) is 0.720. The first-order valence-electron chi connectivity index (χ1n) is 5.78. The topological polar surface area (TPSA) is 40.5 Å². The molecule has 1 aliphatic carbocycles. The summed E-state index contributed by atoms with van der Waals surface area (Å²) in [7, 11) is -1.39. The summed E-state index contributed by atoms with van der Waals surface area (Å²) in [6.45, 7) is 2.15. The largest absolute Gasteiger partial charge is 0.488 e. The van der Waals surface area contributed by atoms with E-state index < -0.39 is 7.12 Å². The number of fused-ring (bicyclic) bond motifs is 3. The first kappa shape index (κ1) is 10.6. The van der Waals surface area contributed by atoms with Gasteiger partial charge in [0.1, 0.15) is 0 Å². The van der Waals surface area contributed by atoms with E-state index in [1.54, 1.807) is 6.07 Å². The van der Waals surface area contributed by atoms with Gasteiger partial charge >= 0.3 is 7.12 Å². The molecule has 0 aromatic heterocycles. The maximum absolute atomic E-state index is 9.21. The molecule has 0 heterocycles. The van der Waals surface area contributed by atoms with E-state index in [0.29, 0.717) is 11.4 Å². The van der Waals surface area contributed by atoms with E-state index in [1.807, 2.05) is 24.3 Å². The van der Waals surface area contributed by atoms with Crippen LogP contribution in [0.3, 0.4) is 0 Å². The molecule has 0 radical (unpaired) electrons. The van der Waals surface area contributed by atoms with Crippen LogP contribution in [-0.2, 0) is 0 Å². The van der Waals surface area contributed by atoms with E-state index in [0.717, 1.165) is 0 Å². The van der Waals surface area contributed by atoms with Crippen LogP contribution in [0.1, 0.15) is 24.0 Å². The van der Waals surface area contributed by atoms with Crippen LogP contribution in [0.5, 0.6) is 0 Å². The van der Waals surface area contributed by atoms with Crippen LogP contribution >= 0.6 is 0 Å². The Bertz CT molecular complexity index is 578. The van der Waals surface area contributed by atoms with Gasteiger partial charge in [0.25, 0.3) is 0 Å². The molecule has 0 aliphatic heterocycles. The molecule has 2 aromatic carbocycles. The molecule has 3 rings (SSSR count). The molecule has 1 atom stereocenters. The molecular weight excluding hydrogens is 211 g/mol. The van der Waals surface area contributed by atoms with Crippen LogP contribution in [0.15, 0.2) is 42.5 Å². The molecule has 0 saturated carbocycles. The molecule has 0 saturated heterocycles. The lowest BCUT2D eigenvalue weighted by atomic mass is 9.78. The van der Waals surface area contributed by atoms with E-state index in [2.05, 4.69) is 19.1 Å². The summed E-state index contributed by atoms with van der Waals surface area (Å²) in [6.07, 6.45) is 0. The molecule has 2 nitrogen and oxygen atoms in total. The van der Waals surface area contributed by atoms with E-state index >= 15 is 0 Å². The minimum absolute atomic E-state index is 0.319. The second-order valence-corrected chi connectivity index (χ2v) is 4.53. The molecule has 0 amide bonds. The Kier molecular flexibility index (Phi) is 2.32. The van der Waals surface area contributed by atoms with Gasteiger partial charge in [0.05, 0.1) is 0 Å². The molecular formula is C14H13BO2. The highest BCUT2D eigenvalue weighted by atomic mass is 16.4. The minimum Gasteiger partial charge on any atom is -0.423 e. The van der Waals surface area contributed by atoms with Gasteiger partial charge in [-0.15, -0.1) is 0 Å². The average molecular weight is 224 g/mol. The molecule has 17 heavy (non-hydrogen) atoms. The zero-order valence-corrected chi connectivity index (χ0v) is 9.59. The lowest BCUT2D eigenvalue weighted by molar-refractivity contribution is 0.425. The molecule has 1 aliphatic rings. The zero-order chi connectivity index (χ0) is 12.0. The normalized spacial score (nSPS) is 16.5. The lowest BCUT2D eigenvalue weighted by Gasteiger charge is -2.08. The summed E-state index contributed by atoms with van der Waals surface area (Å²) in [5, 5.41) is 18.4. The molecule has 0 bridgehead atoms. The van der Waals surface area contributed by atoms with Crippen molar-refractivity contribution in [1.29, 1.82) is 0 Å². The van der Waals surface area contributed by atoms with Gasteiger partial charge in [-0.2, -0.15) is 0 Å². The summed E-state index contributed by atoms with van der Waals surface area (Å²) in [6, 6.07) is 14.0. The summed E-state index contributed by atoms with van der Waals surface area (Å²) in [5.74, 6) is 0.319. The molecule has 0 spiro atoms. The van der Waals surface area contributed by atoms with Crippen LogP contribution in [-0.4, -0.2) is 17.2 Å². The Balaban J connectivity index is 2.20. The summed E-state index contributed by atoms with van der Waals surface area (Å²) in [5.41, 5.74) is 5.51. The Labute approximate surface area is 101 Å². The number of rotatable bonds is 1. The van der Waals surface area contributed by atoms with Crippen molar-refractivity contribution in [3.8, 4) is 11.1 Å². The molecule has 2 N–H and O–H groups in total. The van der Waals surface area contributed by atoms with E-state index in [9.17, 15) is 10.0 Å². The van der Waals surface area contributed by atoms with Gasteiger partial charge in [-0.1, -0.05) is 49.4 Å². The van der Waals surface area contributed by atoms with Crippen molar-refractivity contribution in [2.24, 2.45) is 0 Å². The van der Waals surface area contributed by atoms with Crippen molar-refractivity contribution in [3.05, 3.63) is 53.6 Å². The summed E-state index contributed by atoms with van der Waals surface area (Å²) in [4.78, 5) is 0. The van der Waals surface area contributed by atoms with E-state index in [4.69, 9.17) is 0 Å². The van der Waals surface area contributed by atoms with Crippen LogP contribution in [0.2, 0.25) is 0 Å². The SMILES string of the molecule is CC1c2ccccc2-c2ccc(B(O)O)cc21. The molecule has 3 heteroatoms. The van der Waals surface area contributed by atoms with Crippen molar-refractivity contribution in [2.45, 2.75) is 12.8 Å². The third kappa shape index (κ3) is 1.51. The third-order valence-electron chi connectivity index (χ3n) is 3.56. The number of hydrogen-bond acceptors (Lipinski definition) is 2. The van der Waals surface area contributed by atoms with Crippen LogP contribution in [0.25, 0.3) is 11.1 Å². The van der Waals surface area contributed by atoms with Gasteiger partial charge in [-0.05, 0) is 27.7 Å². The number of benzene rings is 2. The Morgan fingerprint density at radius 3 is 2.41 bits per heavy atom. The monoisotopic (exact) mass is 224 g/mol. The first-order chi connectivity index (χ1) is 8.18. The Hall–Kier alpha value is -1.58. The van der Waals surface area contributed by atoms with Crippen molar-refractivity contribution in [2.75, 3.05) is 0 Å².